The van der Waals surface area contributed by atoms with Crippen LogP contribution in [0.25, 0.3) is 0 Å². The van der Waals surface area contributed by atoms with Crippen LogP contribution in [0.4, 0.5) is 5.69 Å². The normalized spacial score (nSPS) is 13.8. The maximum atomic E-state index is 10.7. The number of aliphatic hydroxyl groups excluding tert-OH is 2. The van der Waals surface area contributed by atoms with Crippen molar-refractivity contribution in [2.24, 2.45) is 0 Å². The molecule has 1 aromatic rings. The molecule has 100 valence electrons. The summed E-state index contributed by atoms with van der Waals surface area (Å²) >= 11 is 0. The lowest BCUT2D eigenvalue weighted by atomic mass is 10.0. The minimum Gasteiger partial charge on any atom is -0.388 e. The Morgan fingerprint density at radius 1 is 1.28 bits per heavy atom. The van der Waals surface area contributed by atoms with Gasteiger partial charge in [-0.3, -0.25) is 4.79 Å². The standard InChI is InChI=1S/C13H20N2O3/c1-9(16)14-8-12(17)13(18)10-4-6-11(7-5-10)15(2)3/h4-7,12-13,17-18H,8H2,1-3H3,(H,14,16). The predicted octanol–water partition coefficient (Wildman–Crippen LogP) is 0.283. The summed E-state index contributed by atoms with van der Waals surface area (Å²) < 4.78 is 0. The van der Waals surface area contributed by atoms with Crippen molar-refractivity contribution in [3.8, 4) is 0 Å². The highest BCUT2D eigenvalue weighted by atomic mass is 16.3. The van der Waals surface area contributed by atoms with Crippen LogP contribution >= 0.6 is 0 Å². The average molecular weight is 252 g/mol. The molecule has 0 heterocycles. The van der Waals surface area contributed by atoms with Crippen molar-refractivity contribution >= 4 is 11.6 Å². The van der Waals surface area contributed by atoms with Gasteiger partial charge >= 0.3 is 0 Å². The molecule has 0 radical (unpaired) electrons. The monoisotopic (exact) mass is 252 g/mol. The summed E-state index contributed by atoms with van der Waals surface area (Å²) in [6, 6.07) is 7.25. The van der Waals surface area contributed by atoms with Crippen LogP contribution in [0, 0.1) is 0 Å². The van der Waals surface area contributed by atoms with Crippen LogP contribution in [0.5, 0.6) is 0 Å². The molecule has 1 amide bonds. The van der Waals surface area contributed by atoms with Gasteiger partial charge in [0.05, 0.1) is 0 Å². The third-order valence-electron chi connectivity index (χ3n) is 2.68. The fourth-order valence-electron chi connectivity index (χ4n) is 1.55. The number of hydrogen-bond acceptors (Lipinski definition) is 4. The van der Waals surface area contributed by atoms with Crippen molar-refractivity contribution in [2.75, 3.05) is 25.5 Å². The van der Waals surface area contributed by atoms with Crippen LogP contribution in [0.15, 0.2) is 24.3 Å². The zero-order valence-electron chi connectivity index (χ0n) is 10.9. The molecule has 0 aromatic heterocycles. The van der Waals surface area contributed by atoms with Gasteiger partial charge in [-0.15, -0.1) is 0 Å². The van der Waals surface area contributed by atoms with Crippen LogP contribution in [0.3, 0.4) is 0 Å². The molecule has 0 fully saturated rings. The van der Waals surface area contributed by atoms with Crippen LogP contribution in [-0.4, -0.2) is 42.9 Å². The molecule has 5 heteroatoms. The van der Waals surface area contributed by atoms with Crippen LogP contribution < -0.4 is 10.2 Å². The number of benzene rings is 1. The molecule has 1 aromatic carbocycles. The van der Waals surface area contributed by atoms with E-state index in [2.05, 4.69) is 5.32 Å². The third-order valence-corrected chi connectivity index (χ3v) is 2.68. The lowest BCUT2D eigenvalue weighted by Gasteiger charge is -2.19. The molecule has 2 atom stereocenters. The van der Waals surface area contributed by atoms with Gasteiger partial charge in [-0.05, 0) is 17.7 Å². The van der Waals surface area contributed by atoms with Crippen LogP contribution in [-0.2, 0) is 4.79 Å². The smallest absolute Gasteiger partial charge is 0.216 e. The highest BCUT2D eigenvalue weighted by Gasteiger charge is 2.18. The number of aliphatic hydroxyl groups is 2. The first kappa shape index (κ1) is 14.5. The summed E-state index contributed by atoms with van der Waals surface area (Å²) in [5.41, 5.74) is 1.64. The van der Waals surface area contributed by atoms with E-state index in [9.17, 15) is 15.0 Å². The van der Waals surface area contributed by atoms with Gasteiger partial charge in [-0.2, -0.15) is 0 Å². The number of anilines is 1. The van der Waals surface area contributed by atoms with E-state index in [1.54, 1.807) is 12.1 Å². The number of carbonyl (C=O) groups excluding carboxylic acids is 1. The Morgan fingerprint density at radius 2 is 1.83 bits per heavy atom. The molecular formula is C13H20N2O3. The van der Waals surface area contributed by atoms with E-state index in [4.69, 9.17) is 0 Å². The van der Waals surface area contributed by atoms with E-state index in [1.807, 2.05) is 31.1 Å². The van der Waals surface area contributed by atoms with Crippen molar-refractivity contribution < 1.29 is 15.0 Å². The van der Waals surface area contributed by atoms with E-state index >= 15 is 0 Å². The predicted molar refractivity (Wildman–Crippen MR) is 70.4 cm³/mol. The number of carbonyl (C=O) groups is 1. The molecule has 0 spiro atoms. The highest BCUT2D eigenvalue weighted by molar-refractivity contribution is 5.72. The third kappa shape index (κ3) is 4.01. The quantitative estimate of drug-likeness (QED) is 0.704. The number of rotatable bonds is 5. The van der Waals surface area contributed by atoms with Gasteiger partial charge in [0, 0.05) is 33.3 Å². The fourth-order valence-corrected chi connectivity index (χ4v) is 1.55. The summed E-state index contributed by atoms with van der Waals surface area (Å²) in [6.07, 6.45) is -2.02. The summed E-state index contributed by atoms with van der Waals surface area (Å²) in [6.45, 7) is 1.40. The van der Waals surface area contributed by atoms with Crippen molar-refractivity contribution in [3.05, 3.63) is 29.8 Å². The molecule has 0 aliphatic heterocycles. The van der Waals surface area contributed by atoms with Crippen molar-refractivity contribution in [2.45, 2.75) is 19.1 Å². The van der Waals surface area contributed by atoms with Gasteiger partial charge in [-0.1, -0.05) is 12.1 Å². The zero-order valence-corrected chi connectivity index (χ0v) is 10.9. The van der Waals surface area contributed by atoms with Gasteiger partial charge in [0.15, 0.2) is 0 Å². The van der Waals surface area contributed by atoms with Crippen molar-refractivity contribution in [3.63, 3.8) is 0 Å². The molecule has 5 nitrogen and oxygen atoms in total. The Kier molecular flexibility index (Phi) is 5.12. The van der Waals surface area contributed by atoms with Gasteiger partial charge in [-0.25, -0.2) is 0 Å². The number of nitrogens with one attached hydrogen (secondary N) is 1. The minimum absolute atomic E-state index is 0.0337. The van der Waals surface area contributed by atoms with Gasteiger partial charge in [0.2, 0.25) is 5.91 Å². The molecule has 0 bridgehead atoms. The highest BCUT2D eigenvalue weighted by Crippen LogP contribution is 2.20. The second-order valence-corrected chi connectivity index (χ2v) is 4.44. The zero-order chi connectivity index (χ0) is 13.7. The van der Waals surface area contributed by atoms with E-state index in [1.165, 1.54) is 6.92 Å². The first-order valence-electron chi connectivity index (χ1n) is 5.79. The van der Waals surface area contributed by atoms with E-state index in [0.717, 1.165) is 5.69 Å². The maximum Gasteiger partial charge on any atom is 0.216 e. The maximum absolute atomic E-state index is 10.7. The van der Waals surface area contributed by atoms with Crippen molar-refractivity contribution in [1.29, 1.82) is 0 Å². The fraction of sp³-hybridized carbons (Fsp3) is 0.462. The Morgan fingerprint density at radius 3 is 2.28 bits per heavy atom. The first-order valence-corrected chi connectivity index (χ1v) is 5.79. The molecule has 0 saturated carbocycles. The van der Waals surface area contributed by atoms with E-state index in [-0.39, 0.29) is 12.5 Å². The minimum atomic E-state index is -1.01. The molecule has 1 rings (SSSR count). The summed E-state index contributed by atoms with van der Waals surface area (Å²) in [5.74, 6) is -0.232. The van der Waals surface area contributed by atoms with Gasteiger partial charge in [0.1, 0.15) is 12.2 Å². The molecule has 2 unspecified atom stereocenters. The number of hydrogen-bond donors (Lipinski definition) is 3. The largest absolute Gasteiger partial charge is 0.388 e. The number of nitrogens with zero attached hydrogens (tertiary/aromatic N) is 1. The molecule has 0 saturated heterocycles. The number of amides is 1. The second-order valence-electron chi connectivity index (χ2n) is 4.44. The van der Waals surface area contributed by atoms with Gasteiger partial charge in [0.25, 0.3) is 0 Å². The lowest BCUT2D eigenvalue weighted by molar-refractivity contribution is -0.119. The van der Waals surface area contributed by atoms with E-state index in [0.29, 0.717) is 5.56 Å². The van der Waals surface area contributed by atoms with Crippen LogP contribution in [0.1, 0.15) is 18.6 Å². The van der Waals surface area contributed by atoms with Crippen LogP contribution in [0.2, 0.25) is 0 Å². The summed E-state index contributed by atoms with van der Waals surface area (Å²) in [4.78, 5) is 12.7. The Labute approximate surface area is 107 Å². The average Bonchev–Trinajstić information content (AvgIpc) is 2.35. The molecule has 18 heavy (non-hydrogen) atoms. The van der Waals surface area contributed by atoms with E-state index < -0.39 is 12.2 Å². The Bertz CT molecular complexity index is 390. The topological polar surface area (TPSA) is 72.8 Å². The Hall–Kier alpha value is -1.59. The SMILES string of the molecule is CC(=O)NCC(O)C(O)c1ccc(N(C)C)cc1. The lowest BCUT2D eigenvalue weighted by Crippen LogP contribution is -2.34. The summed E-state index contributed by atoms with van der Waals surface area (Å²) in [7, 11) is 3.86. The summed E-state index contributed by atoms with van der Waals surface area (Å²) in [5, 5.41) is 22.1. The Balaban J connectivity index is 2.65. The van der Waals surface area contributed by atoms with Gasteiger partial charge < -0.3 is 20.4 Å². The molecule has 0 aliphatic carbocycles. The molecular weight excluding hydrogens is 232 g/mol. The van der Waals surface area contributed by atoms with Crippen molar-refractivity contribution in [1.82, 2.24) is 5.32 Å². The first-order chi connectivity index (χ1) is 8.41. The molecule has 3 N–H and O–H groups in total. The molecule has 0 aliphatic rings. The second kappa shape index (κ2) is 6.37.